The number of rotatable bonds is 1. The first-order valence-corrected chi connectivity index (χ1v) is 4.56. The molecular weight excluding hydrogens is 196 g/mol. The molecule has 0 aliphatic rings. The minimum Gasteiger partial charge on any atom is -0.407 e. The van der Waals surface area contributed by atoms with Crippen LogP contribution in [0.3, 0.4) is 0 Å². The first-order chi connectivity index (χ1) is 5.77. The van der Waals surface area contributed by atoms with E-state index in [4.69, 9.17) is 16.0 Å². The van der Waals surface area contributed by atoms with E-state index >= 15 is 0 Å². The van der Waals surface area contributed by atoms with Crippen LogP contribution in [-0.4, -0.2) is 10.2 Å². The van der Waals surface area contributed by atoms with Gasteiger partial charge < -0.3 is 4.42 Å². The fourth-order valence-corrected chi connectivity index (χ4v) is 1.85. The molecule has 2 rings (SSSR count). The molecule has 2 aromatic heterocycles. The Morgan fingerprint density at radius 1 is 1.50 bits per heavy atom. The Morgan fingerprint density at radius 3 is 2.83 bits per heavy atom. The van der Waals surface area contributed by atoms with Crippen LogP contribution in [0.25, 0.3) is 10.8 Å². The van der Waals surface area contributed by atoms with Crippen LogP contribution >= 0.6 is 22.9 Å². The Labute approximate surface area is 78.0 Å². The monoisotopic (exact) mass is 200 g/mol. The van der Waals surface area contributed by atoms with E-state index < -0.39 is 0 Å². The molecule has 62 valence electrons. The zero-order valence-corrected chi connectivity index (χ0v) is 7.82. The van der Waals surface area contributed by atoms with E-state index in [1.165, 1.54) is 0 Å². The molecule has 0 fully saturated rings. The van der Waals surface area contributed by atoms with Gasteiger partial charge in [-0.3, -0.25) is 0 Å². The van der Waals surface area contributed by atoms with E-state index in [0.717, 1.165) is 10.4 Å². The van der Waals surface area contributed by atoms with Crippen molar-refractivity contribution in [3.63, 3.8) is 0 Å². The molecule has 0 aromatic carbocycles. The Kier molecular flexibility index (Phi) is 1.86. The van der Waals surface area contributed by atoms with Gasteiger partial charge in [0.05, 0.1) is 4.88 Å². The lowest BCUT2D eigenvalue weighted by Crippen LogP contribution is -1.74. The van der Waals surface area contributed by atoms with Gasteiger partial charge in [0.2, 0.25) is 0 Å². The summed E-state index contributed by atoms with van der Waals surface area (Å²) in [6, 6.07) is 2.00. The van der Waals surface area contributed by atoms with Crippen molar-refractivity contribution in [3.05, 3.63) is 22.4 Å². The van der Waals surface area contributed by atoms with Gasteiger partial charge in [-0.25, -0.2) is 0 Å². The van der Waals surface area contributed by atoms with Crippen LogP contribution in [0.2, 0.25) is 5.35 Å². The van der Waals surface area contributed by atoms with E-state index in [-0.39, 0.29) is 5.35 Å². The van der Waals surface area contributed by atoms with E-state index in [0.29, 0.717) is 5.89 Å². The molecule has 0 unspecified atom stereocenters. The third kappa shape index (κ3) is 1.23. The van der Waals surface area contributed by atoms with Gasteiger partial charge in [0.1, 0.15) is 0 Å². The summed E-state index contributed by atoms with van der Waals surface area (Å²) in [5.74, 6) is 0.493. The van der Waals surface area contributed by atoms with Crippen LogP contribution in [0.5, 0.6) is 0 Å². The van der Waals surface area contributed by atoms with Gasteiger partial charge in [-0.05, 0) is 35.5 Å². The molecule has 5 heteroatoms. The Balaban J connectivity index is 2.50. The lowest BCUT2D eigenvalue weighted by Gasteiger charge is -1.88. The Bertz CT molecular complexity index is 396. The minimum absolute atomic E-state index is 0.0813. The molecule has 0 N–H and O–H groups in total. The number of hydrogen-bond donors (Lipinski definition) is 0. The lowest BCUT2D eigenvalue weighted by atomic mass is 10.3. The number of aryl methyl sites for hydroxylation is 1. The highest BCUT2D eigenvalue weighted by Gasteiger charge is 2.10. The summed E-state index contributed by atoms with van der Waals surface area (Å²) in [5.41, 5.74) is 1.13. The highest BCUT2D eigenvalue weighted by Crippen LogP contribution is 2.28. The highest BCUT2D eigenvalue weighted by atomic mass is 35.5. The van der Waals surface area contributed by atoms with Gasteiger partial charge in [0.25, 0.3) is 5.89 Å². The van der Waals surface area contributed by atoms with Crippen molar-refractivity contribution in [1.29, 1.82) is 0 Å². The van der Waals surface area contributed by atoms with Crippen molar-refractivity contribution in [2.75, 3.05) is 0 Å². The van der Waals surface area contributed by atoms with Gasteiger partial charge in [0.15, 0.2) is 0 Å². The maximum atomic E-state index is 5.49. The van der Waals surface area contributed by atoms with E-state index in [1.54, 1.807) is 11.3 Å². The van der Waals surface area contributed by atoms with Gasteiger partial charge in [-0.1, -0.05) is 5.10 Å². The third-order valence-corrected chi connectivity index (χ3v) is 2.61. The van der Waals surface area contributed by atoms with E-state index in [2.05, 4.69) is 10.2 Å². The number of nitrogens with zero attached hydrogens (tertiary/aromatic N) is 2. The van der Waals surface area contributed by atoms with Gasteiger partial charge in [0, 0.05) is 0 Å². The minimum atomic E-state index is 0.0813. The van der Waals surface area contributed by atoms with E-state index in [1.807, 2.05) is 18.4 Å². The van der Waals surface area contributed by atoms with Crippen LogP contribution in [0.4, 0.5) is 0 Å². The zero-order chi connectivity index (χ0) is 8.55. The summed E-state index contributed by atoms with van der Waals surface area (Å²) < 4.78 is 5.06. The molecule has 0 aliphatic heterocycles. The molecule has 0 aliphatic carbocycles. The molecule has 3 nitrogen and oxygen atoms in total. The lowest BCUT2D eigenvalue weighted by molar-refractivity contribution is 0.572. The summed E-state index contributed by atoms with van der Waals surface area (Å²) >= 11 is 7.06. The quantitative estimate of drug-likeness (QED) is 0.711. The fraction of sp³-hybridized carbons (Fsp3) is 0.143. The summed E-state index contributed by atoms with van der Waals surface area (Å²) in [6.07, 6.45) is 0. The van der Waals surface area contributed by atoms with Gasteiger partial charge in [-0.2, -0.15) is 0 Å². The maximum Gasteiger partial charge on any atom is 0.313 e. The Hall–Kier alpha value is -0.870. The van der Waals surface area contributed by atoms with Gasteiger partial charge >= 0.3 is 5.35 Å². The molecule has 0 saturated heterocycles. The first-order valence-electron chi connectivity index (χ1n) is 3.31. The maximum absolute atomic E-state index is 5.49. The molecule has 0 amide bonds. The second-order valence-corrected chi connectivity index (χ2v) is 3.53. The van der Waals surface area contributed by atoms with Crippen LogP contribution in [0, 0.1) is 6.92 Å². The second kappa shape index (κ2) is 2.88. The molecule has 0 saturated carbocycles. The molecule has 0 spiro atoms. The number of aromatic nitrogens is 2. The molecule has 0 radical (unpaired) electrons. The molecule has 0 atom stereocenters. The average molecular weight is 201 g/mol. The second-order valence-electron chi connectivity index (χ2n) is 2.29. The van der Waals surface area contributed by atoms with Crippen molar-refractivity contribution in [3.8, 4) is 10.8 Å². The van der Waals surface area contributed by atoms with Gasteiger partial charge in [-0.15, -0.1) is 16.4 Å². The van der Waals surface area contributed by atoms with Crippen molar-refractivity contribution in [1.82, 2.24) is 10.2 Å². The van der Waals surface area contributed by atoms with Crippen LogP contribution in [0.1, 0.15) is 5.56 Å². The SMILES string of the molecule is Cc1ccsc1-c1nnc(Cl)o1. The van der Waals surface area contributed by atoms with Crippen LogP contribution in [0.15, 0.2) is 15.9 Å². The highest BCUT2D eigenvalue weighted by molar-refractivity contribution is 7.13. The topological polar surface area (TPSA) is 38.9 Å². The Morgan fingerprint density at radius 2 is 2.33 bits per heavy atom. The zero-order valence-electron chi connectivity index (χ0n) is 6.24. The number of halogens is 1. The molecule has 2 aromatic rings. The number of hydrogen-bond acceptors (Lipinski definition) is 4. The van der Waals surface area contributed by atoms with Crippen molar-refractivity contribution >= 4 is 22.9 Å². The molecule has 0 bridgehead atoms. The average Bonchev–Trinajstić information content (AvgIpc) is 2.58. The van der Waals surface area contributed by atoms with E-state index in [9.17, 15) is 0 Å². The fourth-order valence-electron chi connectivity index (χ4n) is 0.889. The molecular formula is C7H5ClN2OS. The van der Waals surface area contributed by atoms with Crippen LogP contribution < -0.4 is 0 Å². The summed E-state index contributed by atoms with van der Waals surface area (Å²) in [5, 5.41) is 9.41. The third-order valence-electron chi connectivity index (χ3n) is 1.46. The smallest absolute Gasteiger partial charge is 0.313 e. The summed E-state index contributed by atoms with van der Waals surface area (Å²) in [6.45, 7) is 1.99. The first kappa shape index (κ1) is 7.76. The summed E-state index contributed by atoms with van der Waals surface area (Å²) in [4.78, 5) is 0.981. The predicted molar refractivity (Wildman–Crippen MR) is 47.4 cm³/mol. The number of thiophene rings is 1. The normalized spacial score (nSPS) is 10.5. The van der Waals surface area contributed by atoms with Crippen molar-refractivity contribution in [2.24, 2.45) is 0 Å². The predicted octanol–water partition coefficient (Wildman–Crippen LogP) is 2.76. The molecule has 2 heterocycles. The molecule has 12 heavy (non-hydrogen) atoms. The standard InChI is InChI=1S/C7H5ClN2OS/c1-4-2-3-12-5(4)6-9-10-7(8)11-6/h2-3H,1H3. The van der Waals surface area contributed by atoms with Crippen molar-refractivity contribution in [2.45, 2.75) is 6.92 Å². The van der Waals surface area contributed by atoms with Crippen LogP contribution in [-0.2, 0) is 0 Å². The summed E-state index contributed by atoms with van der Waals surface area (Å²) in [7, 11) is 0. The largest absolute Gasteiger partial charge is 0.407 e. The van der Waals surface area contributed by atoms with Crippen molar-refractivity contribution < 1.29 is 4.42 Å².